The topological polar surface area (TPSA) is 120 Å². The largest absolute Gasteiger partial charge is 0.286 e. The molecule has 0 bridgehead atoms. The molecule has 2 amide bonds. The SMILES string of the molecule is Cc1ccc2nc(NNC(=O)C3(CN(O)C=O)CCC(C)(C)CC3)nnc2c1. The molecule has 1 heterocycles. The monoisotopic (exact) mass is 386 g/mol. The van der Waals surface area contributed by atoms with E-state index in [1.54, 1.807) is 0 Å². The first-order valence-electron chi connectivity index (χ1n) is 9.31. The van der Waals surface area contributed by atoms with Crippen LogP contribution in [0.4, 0.5) is 5.95 Å². The lowest BCUT2D eigenvalue weighted by molar-refractivity contribution is -0.164. The van der Waals surface area contributed by atoms with Crippen molar-refractivity contribution in [3.63, 3.8) is 0 Å². The maximum absolute atomic E-state index is 13.0. The highest BCUT2D eigenvalue weighted by Crippen LogP contribution is 2.45. The molecule has 150 valence electrons. The Morgan fingerprint density at radius 3 is 2.61 bits per heavy atom. The summed E-state index contributed by atoms with van der Waals surface area (Å²) in [6, 6.07) is 5.64. The highest BCUT2D eigenvalue weighted by atomic mass is 16.5. The van der Waals surface area contributed by atoms with E-state index >= 15 is 0 Å². The van der Waals surface area contributed by atoms with Crippen LogP contribution in [0, 0.1) is 17.8 Å². The fourth-order valence-corrected chi connectivity index (χ4v) is 3.55. The summed E-state index contributed by atoms with van der Waals surface area (Å²) in [4.78, 5) is 28.2. The molecule has 3 rings (SSSR count). The van der Waals surface area contributed by atoms with Crippen molar-refractivity contribution in [3.8, 4) is 0 Å². The minimum Gasteiger partial charge on any atom is -0.286 e. The van der Waals surface area contributed by atoms with Gasteiger partial charge in [-0.1, -0.05) is 19.9 Å². The van der Waals surface area contributed by atoms with Crippen LogP contribution in [0.15, 0.2) is 18.2 Å². The molecule has 1 saturated carbocycles. The molecule has 0 spiro atoms. The summed E-state index contributed by atoms with van der Waals surface area (Å²) >= 11 is 0. The van der Waals surface area contributed by atoms with E-state index in [2.05, 4.69) is 39.9 Å². The van der Waals surface area contributed by atoms with Crippen molar-refractivity contribution in [2.24, 2.45) is 10.8 Å². The first kappa shape index (κ1) is 19.9. The molecule has 9 heteroatoms. The molecule has 0 atom stereocenters. The van der Waals surface area contributed by atoms with Gasteiger partial charge in [0.25, 0.3) is 5.95 Å². The molecule has 1 aromatic carbocycles. The second-order valence-corrected chi connectivity index (χ2v) is 8.35. The van der Waals surface area contributed by atoms with Crippen LogP contribution in [-0.4, -0.2) is 44.3 Å². The number of hydrazine groups is 1. The number of rotatable bonds is 6. The van der Waals surface area contributed by atoms with Gasteiger partial charge in [0.2, 0.25) is 12.3 Å². The highest BCUT2D eigenvalue weighted by Gasteiger charge is 2.45. The van der Waals surface area contributed by atoms with Gasteiger partial charge in [0, 0.05) is 0 Å². The molecule has 1 aromatic heterocycles. The Morgan fingerprint density at radius 1 is 1.21 bits per heavy atom. The number of amides is 2. The summed E-state index contributed by atoms with van der Waals surface area (Å²) in [7, 11) is 0. The first-order chi connectivity index (χ1) is 13.2. The zero-order chi connectivity index (χ0) is 20.4. The molecule has 3 N–H and O–H groups in total. The van der Waals surface area contributed by atoms with Crippen LogP contribution in [0.25, 0.3) is 11.0 Å². The molecule has 2 aromatic rings. The number of nitrogens with one attached hydrogen (secondary N) is 2. The fraction of sp³-hybridized carbons (Fsp3) is 0.526. The highest BCUT2D eigenvalue weighted by molar-refractivity contribution is 5.84. The van der Waals surface area contributed by atoms with E-state index < -0.39 is 5.41 Å². The molecule has 0 aliphatic heterocycles. The third-order valence-electron chi connectivity index (χ3n) is 5.53. The Hall–Kier alpha value is -2.81. The van der Waals surface area contributed by atoms with Gasteiger partial charge in [0.1, 0.15) is 5.52 Å². The summed E-state index contributed by atoms with van der Waals surface area (Å²) < 4.78 is 0. The molecular formula is C19H26N6O3. The van der Waals surface area contributed by atoms with E-state index in [1.807, 2.05) is 25.1 Å². The lowest BCUT2D eigenvalue weighted by atomic mass is 9.64. The quantitative estimate of drug-likeness (QED) is 0.395. The van der Waals surface area contributed by atoms with Gasteiger partial charge in [-0.05, 0) is 55.7 Å². The van der Waals surface area contributed by atoms with Crippen molar-refractivity contribution in [2.75, 3.05) is 12.0 Å². The van der Waals surface area contributed by atoms with E-state index in [1.165, 1.54) is 0 Å². The zero-order valence-corrected chi connectivity index (χ0v) is 16.4. The molecule has 9 nitrogen and oxygen atoms in total. The van der Waals surface area contributed by atoms with Gasteiger partial charge in [-0.2, -0.15) is 0 Å². The first-order valence-corrected chi connectivity index (χ1v) is 9.31. The predicted octanol–water partition coefficient (Wildman–Crippen LogP) is 2.21. The maximum Gasteiger partial charge on any atom is 0.262 e. The van der Waals surface area contributed by atoms with Crippen LogP contribution >= 0.6 is 0 Å². The van der Waals surface area contributed by atoms with Gasteiger partial charge in [-0.25, -0.2) is 10.0 Å². The van der Waals surface area contributed by atoms with Crippen molar-refractivity contribution < 1.29 is 14.8 Å². The zero-order valence-electron chi connectivity index (χ0n) is 16.4. The van der Waals surface area contributed by atoms with Crippen LogP contribution in [-0.2, 0) is 9.59 Å². The van der Waals surface area contributed by atoms with E-state index in [0.717, 1.165) is 18.4 Å². The van der Waals surface area contributed by atoms with E-state index in [-0.39, 0.29) is 23.8 Å². The number of nitrogens with zero attached hydrogens (tertiary/aromatic N) is 4. The van der Waals surface area contributed by atoms with Crippen molar-refractivity contribution >= 4 is 29.3 Å². The fourth-order valence-electron chi connectivity index (χ4n) is 3.55. The number of fused-ring (bicyclic) bond motifs is 1. The minimum atomic E-state index is -0.875. The number of hydrogen-bond acceptors (Lipinski definition) is 7. The second-order valence-electron chi connectivity index (χ2n) is 8.35. The third kappa shape index (κ3) is 4.36. The number of benzene rings is 1. The number of carbonyl (C=O) groups is 2. The molecule has 1 fully saturated rings. The molecule has 28 heavy (non-hydrogen) atoms. The normalized spacial score (nSPS) is 17.7. The van der Waals surface area contributed by atoms with Gasteiger partial charge in [-0.15, -0.1) is 10.2 Å². The van der Waals surface area contributed by atoms with Gasteiger partial charge in [-0.3, -0.25) is 25.6 Å². The van der Waals surface area contributed by atoms with Crippen molar-refractivity contribution in [3.05, 3.63) is 23.8 Å². The molecule has 0 saturated heterocycles. The summed E-state index contributed by atoms with van der Waals surface area (Å²) in [5.74, 6) is -0.135. The third-order valence-corrected chi connectivity index (χ3v) is 5.53. The van der Waals surface area contributed by atoms with Crippen LogP contribution in [0.1, 0.15) is 45.1 Å². The van der Waals surface area contributed by atoms with E-state index in [4.69, 9.17) is 0 Å². The second kappa shape index (κ2) is 7.67. The van der Waals surface area contributed by atoms with Crippen LogP contribution < -0.4 is 10.9 Å². The Bertz CT molecular complexity index is 875. The van der Waals surface area contributed by atoms with E-state index in [9.17, 15) is 14.8 Å². The number of hydroxylamine groups is 2. The van der Waals surface area contributed by atoms with Gasteiger partial charge < -0.3 is 0 Å². The van der Waals surface area contributed by atoms with Crippen molar-refractivity contribution in [1.82, 2.24) is 25.7 Å². The number of hydrogen-bond donors (Lipinski definition) is 3. The Morgan fingerprint density at radius 2 is 1.93 bits per heavy atom. The molecule has 0 unspecified atom stereocenters. The number of aryl methyl sites for hydroxylation is 1. The average Bonchev–Trinajstić information content (AvgIpc) is 2.67. The lowest BCUT2D eigenvalue weighted by Gasteiger charge is -2.42. The van der Waals surface area contributed by atoms with Gasteiger partial charge in [0.05, 0.1) is 17.5 Å². The Labute approximate surface area is 163 Å². The smallest absolute Gasteiger partial charge is 0.262 e. The minimum absolute atomic E-state index is 0.0593. The van der Waals surface area contributed by atoms with Gasteiger partial charge in [0.15, 0.2) is 0 Å². The summed E-state index contributed by atoms with van der Waals surface area (Å²) in [6.07, 6.45) is 3.09. The summed E-state index contributed by atoms with van der Waals surface area (Å²) in [5.41, 5.74) is 6.99. The molecule has 0 radical (unpaired) electrons. The average molecular weight is 386 g/mol. The summed E-state index contributed by atoms with van der Waals surface area (Å²) in [6.45, 7) is 6.21. The van der Waals surface area contributed by atoms with Crippen LogP contribution in [0.2, 0.25) is 0 Å². The molecule has 1 aliphatic rings. The number of aromatic nitrogens is 3. The number of anilines is 1. The Kier molecular flexibility index (Phi) is 5.46. The molecule has 1 aliphatic carbocycles. The van der Waals surface area contributed by atoms with Crippen LogP contribution in [0.3, 0.4) is 0 Å². The van der Waals surface area contributed by atoms with E-state index in [0.29, 0.717) is 35.3 Å². The van der Waals surface area contributed by atoms with Crippen molar-refractivity contribution in [2.45, 2.75) is 46.5 Å². The van der Waals surface area contributed by atoms with Gasteiger partial charge >= 0.3 is 0 Å². The van der Waals surface area contributed by atoms with Crippen LogP contribution in [0.5, 0.6) is 0 Å². The van der Waals surface area contributed by atoms with Crippen molar-refractivity contribution in [1.29, 1.82) is 0 Å². The summed E-state index contributed by atoms with van der Waals surface area (Å²) in [5, 5.41) is 18.3. The maximum atomic E-state index is 13.0. The Balaban J connectivity index is 1.73. The predicted molar refractivity (Wildman–Crippen MR) is 103 cm³/mol. The lowest BCUT2D eigenvalue weighted by Crippen LogP contribution is -2.51. The molecular weight excluding hydrogens is 360 g/mol. The number of carbonyl (C=O) groups excluding carboxylic acids is 2. The standard InChI is InChI=1S/C19H26N6O3/c1-13-4-5-14-15(10-13)21-23-17(20-14)24-22-16(27)19(11-25(28)12-26)8-6-18(2,3)7-9-19/h4-5,10,12,28H,6-9,11H2,1-3H3,(H,22,27)(H,20,23,24).